The third-order valence-electron chi connectivity index (χ3n) is 2.85. The molecule has 1 aliphatic rings. The first-order valence-electron chi connectivity index (χ1n) is 5.14. The molecule has 0 spiro atoms. The normalized spacial score (nSPS) is 25.1. The highest BCUT2D eigenvalue weighted by atomic mass is 32.2. The number of benzene rings is 1. The molecular formula is C10H5F7O3S. The highest BCUT2D eigenvalue weighted by molar-refractivity contribution is 7.86. The Bertz CT molecular complexity index is 638. The van der Waals surface area contributed by atoms with Crippen LogP contribution in [0.5, 0.6) is 0 Å². The second kappa shape index (κ2) is 4.09. The summed E-state index contributed by atoms with van der Waals surface area (Å²) in [6.07, 6.45) is 0. The van der Waals surface area contributed by atoms with Gasteiger partial charge >= 0.3 is 23.6 Å². The van der Waals surface area contributed by atoms with Gasteiger partial charge in [-0.2, -0.15) is 39.2 Å². The lowest BCUT2D eigenvalue weighted by molar-refractivity contribution is -0.516. The van der Waals surface area contributed by atoms with Crippen LogP contribution in [0.4, 0.5) is 30.7 Å². The molecule has 0 heterocycles. The Kier molecular flexibility index (Phi) is 3.12. The summed E-state index contributed by atoms with van der Waals surface area (Å²) in [4.78, 5) is -0.941. The molecule has 0 saturated heterocycles. The average Bonchev–Trinajstić information content (AvgIpc) is 2.37. The van der Waals surface area contributed by atoms with E-state index >= 15 is 0 Å². The minimum Gasteiger partial charge on any atom is -0.213 e. The standard InChI is InChI=1S/C10H5F7O3S/c11-7(12)8(13,14)10(17,9(7,15)16)20-21(18,19)6-4-2-1-3-5-6/h1-5H. The summed E-state index contributed by atoms with van der Waals surface area (Å²) in [5.74, 6) is -23.8. The number of rotatable bonds is 3. The fraction of sp³-hybridized carbons (Fsp3) is 0.400. The van der Waals surface area contributed by atoms with Gasteiger partial charge in [-0.25, -0.2) is 4.18 Å². The zero-order chi connectivity index (χ0) is 16.3. The van der Waals surface area contributed by atoms with Crippen molar-refractivity contribution in [3.8, 4) is 0 Å². The van der Waals surface area contributed by atoms with E-state index in [4.69, 9.17) is 0 Å². The van der Waals surface area contributed by atoms with Crippen molar-refractivity contribution in [3.05, 3.63) is 30.3 Å². The topological polar surface area (TPSA) is 43.4 Å². The van der Waals surface area contributed by atoms with Crippen LogP contribution in [-0.2, 0) is 14.3 Å². The van der Waals surface area contributed by atoms with Crippen LogP contribution in [0.3, 0.4) is 0 Å². The molecule has 2 rings (SSSR count). The Morgan fingerprint density at radius 2 is 1.19 bits per heavy atom. The van der Waals surface area contributed by atoms with Gasteiger partial charge in [-0.05, 0) is 12.1 Å². The van der Waals surface area contributed by atoms with Crippen LogP contribution in [0, 0.1) is 0 Å². The molecule has 1 aromatic carbocycles. The lowest BCUT2D eigenvalue weighted by atomic mass is 9.78. The Labute approximate surface area is 113 Å². The van der Waals surface area contributed by atoms with Crippen molar-refractivity contribution in [2.45, 2.75) is 28.5 Å². The Balaban J connectivity index is 2.44. The van der Waals surface area contributed by atoms with Gasteiger partial charge in [0.15, 0.2) is 0 Å². The maximum absolute atomic E-state index is 13.6. The molecule has 3 nitrogen and oxygen atoms in total. The molecule has 0 radical (unpaired) electrons. The molecule has 1 aliphatic carbocycles. The van der Waals surface area contributed by atoms with E-state index in [1.54, 1.807) is 0 Å². The lowest BCUT2D eigenvalue weighted by Gasteiger charge is -2.52. The van der Waals surface area contributed by atoms with E-state index in [0.29, 0.717) is 0 Å². The van der Waals surface area contributed by atoms with E-state index in [-0.39, 0.29) is 0 Å². The molecular weight excluding hydrogens is 333 g/mol. The summed E-state index contributed by atoms with van der Waals surface area (Å²) in [6, 6.07) is 4.86. The Hall–Kier alpha value is -1.36. The molecule has 1 saturated carbocycles. The van der Waals surface area contributed by atoms with Crippen LogP contribution < -0.4 is 0 Å². The minimum atomic E-state index is -6.07. The van der Waals surface area contributed by atoms with Crippen LogP contribution in [0.25, 0.3) is 0 Å². The van der Waals surface area contributed by atoms with Gasteiger partial charge in [-0.1, -0.05) is 18.2 Å². The van der Waals surface area contributed by atoms with Crippen molar-refractivity contribution in [1.29, 1.82) is 0 Å². The molecule has 0 bridgehead atoms. The molecule has 1 aromatic rings. The highest BCUT2D eigenvalue weighted by Gasteiger charge is 3.02. The monoisotopic (exact) mass is 338 g/mol. The second-order valence-corrected chi connectivity index (χ2v) is 5.72. The molecule has 0 amide bonds. The van der Waals surface area contributed by atoms with Gasteiger partial charge in [0.2, 0.25) is 0 Å². The largest absolute Gasteiger partial charge is 0.384 e. The van der Waals surface area contributed by atoms with Crippen molar-refractivity contribution in [2.24, 2.45) is 0 Å². The van der Waals surface area contributed by atoms with Crippen LogP contribution >= 0.6 is 0 Å². The van der Waals surface area contributed by atoms with Crippen LogP contribution in [0.15, 0.2) is 35.2 Å². The molecule has 21 heavy (non-hydrogen) atoms. The van der Waals surface area contributed by atoms with E-state index in [2.05, 4.69) is 4.18 Å². The van der Waals surface area contributed by atoms with Crippen molar-refractivity contribution in [2.75, 3.05) is 0 Å². The summed E-state index contributed by atoms with van der Waals surface area (Å²) in [7, 11) is -5.44. The average molecular weight is 338 g/mol. The maximum Gasteiger partial charge on any atom is 0.384 e. The molecule has 0 N–H and O–H groups in total. The number of hydrogen-bond donors (Lipinski definition) is 0. The number of halogens is 7. The van der Waals surface area contributed by atoms with E-state index in [1.165, 1.54) is 6.07 Å². The predicted octanol–water partition coefficient (Wildman–Crippen LogP) is 2.98. The smallest absolute Gasteiger partial charge is 0.213 e. The maximum atomic E-state index is 13.6. The fourth-order valence-electron chi connectivity index (χ4n) is 1.63. The quantitative estimate of drug-likeness (QED) is 0.629. The molecule has 0 aliphatic heterocycles. The summed E-state index contributed by atoms with van der Waals surface area (Å²) < 4.78 is 116. The van der Waals surface area contributed by atoms with Crippen molar-refractivity contribution < 1.29 is 43.3 Å². The van der Waals surface area contributed by atoms with Crippen LogP contribution in [0.1, 0.15) is 0 Å². The molecule has 1 fully saturated rings. The first kappa shape index (κ1) is 16.0. The minimum absolute atomic E-state index is 0.728. The first-order chi connectivity index (χ1) is 9.31. The predicted molar refractivity (Wildman–Crippen MR) is 53.4 cm³/mol. The molecule has 118 valence electrons. The zero-order valence-electron chi connectivity index (χ0n) is 9.67. The summed E-state index contributed by atoms with van der Waals surface area (Å²) in [5, 5.41) is 0. The Morgan fingerprint density at radius 1 is 0.762 bits per heavy atom. The van der Waals surface area contributed by atoms with E-state index in [1.807, 2.05) is 0 Å². The van der Waals surface area contributed by atoms with Crippen LogP contribution in [-0.4, -0.2) is 32.0 Å². The number of hydrogen-bond acceptors (Lipinski definition) is 3. The van der Waals surface area contributed by atoms with E-state index in [0.717, 1.165) is 24.3 Å². The third-order valence-corrected chi connectivity index (χ3v) is 4.15. The van der Waals surface area contributed by atoms with Crippen molar-refractivity contribution >= 4 is 10.1 Å². The fourth-order valence-corrected chi connectivity index (χ4v) is 2.73. The van der Waals surface area contributed by atoms with Gasteiger partial charge in [0.25, 0.3) is 10.1 Å². The summed E-state index contributed by atoms with van der Waals surface area (Å²) in [6.45, 7) is 0. The van der Waals surface area contributed by atoms with Crippen molar-refractivity contribution in [3.63, 3.8) is 0 Å². The van der Waals surface area contributed by atoms with Gasteiger partial charge < -0.3 is 0 Å². The van der Waals surface area contributed by atoms with Crippen molar-refractivity contribution in [1.82, 2.24) is 0 Å². The molecule has 0 unspecified atom stereocenters. The van der Waals surface area contributed by atoms with E-state index < -0.39 is 38.6 Å². The SMILES string of the molecule is O=S(=O)(OC1(F)C(F)(F)C(F)(F)C1(F)F)c1ccccc1. The summed E-state index contributed by atoms with van der Waals surface area (Å²) >= 11 is 0. The Morgan fingerprint density at radius 3 is 1.62 bits per heavy atom. The molecule has 0 aromatic heterocycles. The van der Waals surface area contributed by atoms with Gasteiger partial charge in [-0.3, -0.25) is 0 Å². The molecule has 11 heteroatoms. The highest BCUT2D eigenvalue weighted by Crippen LogP contribution is 2.69. The van der Waals surface area contributed by atoms with Gasteiger partial charge in [-0.15, -0.1) is 0 Å². The van der Waals surface area contributed by atoms with Crippen LogP contribution in [0.2, 0.25) is 0 Å². The van der Waals surface area contributed by atoms with E-state index in [9.17, 15) is 39.2 Å². The zero-order valence-corrected chi connectivity index (χ0v) is 10.5. The third kappa shape index (κ3) is 1.73. The molecule has 0 atom stereocenters. The van der Waals surface area contributed by atoms with Gasteiger partial charge in [0.1, 0.15) is 0 Å². The summed E-state index contributed by atoms with van der Waals surface area (Å²) in [5.41, 5.74) is 0. The van der Waals surface area contributed by atoms with Gasteiger partial charge in [0.05, 0.1) is 4.90 Å². The van der Waals surface area contributed by atoms with Gasteiger partial charge in [0, 0.05) is 0 Å². The lowest BCUT2D eigenvalue weighted by Crippen LogP contribution is -2.85. The number of alkyl halides is 7. The second-order valence-electron chi connectivity index (χ2n) is 4.17. The first-order valence-corrected chi connectivity index (χ1v) is 6.55.